The molecule has 0 saturated heterocycles. The summed E-state index contributed by atoms with van der Waals surface area (Å²) in [4.78, 5) is 58.0. The molecule has 2 amide bonds. The molecule has 2 atom stereocenters. The van der Waals surface area contributed by atoms with Gasteiger partial charge in [-0.3, -0.25) is 19.2 Å². The highest BCUT2D eigenvalue weighted by molar-refractivity contribution is 6.36. The van der Waals surface area contributed by atoms with E-state index < -0.39 is 29.0 Å². The molecule has 15 heteroatoms. The molecule has 4 heterocycles. The number of ether oxygens (including phenoxy) is 6. The van der Waals surface area contributed by atoms with E-state index >= 15 is 0 Å². The fraction of sp³-hybridized carbons (Fsp3) is 0.333. The first kappa shape index (κ1) is 35.2. The van der Waals surface area contributed by atoms with Crippen LogP contribution < -0.4 is 33.7 Å². The number of nitrogens with zero attached hydrogens (tertiary/aromatic N) is 1. The van der Waals surface area contributed by atoms with Gasteiger partial charge < -0.3 is 48.2 Å². The maximum atomic E-state index is 14.9. The minimum absolute atomic E-state index is 0.0145. The average molecular weight is 759 g/mol. The van der Waals surface area contributed by atoms with Crippen LogP contribution in [0, 0.1) is 5.92 Å². The highest BCUT2D eigenvalue weighted by Crippen LogP contribution is 2.55. The van der Waals surface area contributed by atoms with Crippen LogP contribution in [0.2, 0.25) is 5.02 Å². The first-order valence-electron chi connectivity index (χ1n) is 17.1. The zero-order chi connectivity index (χ0) is 38.2. The lowest BCUT2D eigenvalue weighted by Gasteiger charge is -2.35. The van der Waals surface area contributed by atoms with Crippen LogP contribution in [0.3, 0.4) is 0 Å². The Balaban J connectivity index is 1.19. The van der Waals surface area contributed by atoms with E-state index in [0.29, 0.717) is 41.2 Å². The number of amides is 2. The summed E-state index contributed by atoms with van der Waals surface area (Å²) in [7, 11) is 5.97. The average Bonchev–Trinajstić information content (AvgIpc) is 3.88. The van der Waals surface area contributed by atoms with Gasteiger partial charge in [0.25, 0.3) is 5.91 Å². The Morgan fingerprint density at radius 1 is 0.963 bits per heavy atom. The van der Waals surface area contributed by atoms with Crippen LogP contribution in [0.1, 0.15) is 60.4 Å². The number of ketones is 2. The van der Waals surface area contributed by atoms with Crippen molar-refractivity contribution < 1.29 is 57.1 Å². The van der Waals surface area contributed by atoms with Gasteiger partial charge >= 0.3 is 0 Å². The van der Waals surface area contributed by atoms with E-state index in [9.17, 15) is 24.3 Å². The van der Waals surface area contributed by atoms with Gasteiger partial charge in [-0.15, -0.1) is 0 Å². The van der Waals surface area contributed by atoms with Crippen LogP contribution in [0.4, 0.5) is 0 Å². The molecule has 3 aromatic carbocycles. The Morgan fingerprint density at radius 3 is 2.37 bits per heavy atom. The van der Waals surface area contributed by atoms with E-state index in [1.165, 1.54) is 32.3 Å². The number of Topliss-reactive ketones (excluding diaryl/α,β-unsaturated/α-hetero) is 2. The lowest BCUT2D eigenvalue weighted by Crippen LogP contribution is -2.56. The van der Waals surface area contributed by atoms with Gasteiger partial charge in [0.1, 0.15) is 39.4 Å². The summed E-state index contributed by atoms with van der Waals surface area (Å²) in [5, 5.41) is 13.9. The van der Waals surface area contributed by atoms with Crippen LogP contribution in [0.25, 0.3) is 11.3 Å². The van der Waals surface area contributed by atoms with Gasteiger partial charge in [0.05, 0.1) is 38.9 Å². The van der Waals surface area contributed by atoms with Gasteiger partial charge in [-0.05, 0) is 36.2 Å². The number of fused-ring (bicyclic) bond motifs is 4. The number of halogens is 1. The molecule has 1 aromatic heterocycles. The first-order valence-corrected chi connectivity index (χ1v) is 17.5. The number of furan rings is 1. The molecular weight excluding hydrogens is 724 g/mol. The van der Waals surface area contributed by atoms with E-state index in [2.05, 4.69) is 5.32 Å². The molecular formula is C39H35ClN2O12. The zero-order valence-corrected chi connectivity index (χ0v) is 30.7. The summed E-state index contributed by atoms with van der Waals surface area (Å²) in [6, 6.07) is 8.41. The SMILES string of the molecule is COc1ccc(-c2oc3c(c2CC(=O)NCc2c4c(c(O)c5c2OCO5)C(=O)N(C)CC4)C(=O)[C@@]2(Oc4c(Cl)c(OC)cc(OC)c4C2=O)[C@H](C)C3)cc1. The summed E-state index contributed by atoms with van der Waals surface area (Å²) in [5.41, 5.74) is 0.0170. The van der Waals surface area contributed by atoms with Crippen molar-refractivity contribution in [2.75, 3.05) is 41.7 Å². The Morgan fingerprint density at radius 2 is 1.67 bits per heavy atom. The van der Waals surface area contributed by atoms with Crippen molar-refractivity contribution in [2.24, 2.45) is 5.92 Å². The maximum Gasteiger partial charge on any atom is 0.257 e. The van der Waals surface area contributed by atoms with Crippen LogP contribution in [-0.4, -0.2) is 80.7 Å². The van der Waals surface area contributed by atoms with E-state index in [4.69, 9.17) is 44.4 Å². The Hall–Kier alpha value is -5.89. The molecule has 0 saturated carbocycles. The van der Waals surface area contributed by atoms with Gasteiger partial charge in [0.2, 0.25) is 35.6 Å². The predicted octanol–water partition coefficient (Wildman–Crippen LogP) is 4.94. The summed E-state index contributed by atoms with van der Waals surface area (Å²) in [6.45, 7) is 1.87. The van der Waals surface area contributed by atoms with Gasteiger partial charge in [-0.25, -0.2) is 0 Å². The number of methoxy groups -OCH3 is 3. The Bertz CT molecular complexity index is 2300. The molecule has 4 aliphatic rings. The van der Waals surface area contributed by atoms with Crippen LogP contribution in [0.15, 0.2) is 34.7 Å². The second kappa shape index (κ2) is 12.9. The topological polar surface area (TPSA) is 172 Å². The molecule has 0 unspecified atom stereocenters. The monoisotopic (exact) mass is 758 g/mol. The molecule has 280 valence electrons. The second-order valence-corrected chi connectivity index (χ2v) is 13.9. The Kier molecular flexibility index (Phi) is 8.40. The number of aromatic hydroxyl groups is 1. The third kappa shape index (κ3) is 4.99. The number of benzene rings is 3. The van der Waals surface area contributed by atoms with Gasteiger partial charge in [-0.1, -0.05) is 18.5 Å². The fourth-order valence-electron chi connectivity index (χ4n) is 7.87. The summed E-state index contributed by atoms with van der Waals surface area (Å²) < 4.78 is 40.2. The number of phenolic OH excluding ortho intramolecular Hbond substituents is 1. The second-order valence-electron chi connectivity index (χ2n) is 13.5. The van der Waals surface area contributed by atoms with E-state index in [1.807, 2.05) is 0 Å². The highest BCUT2D eigenvalue weighted by Gasteiger charge is 2.63. The number of hydrogen-bond acceptors (Lipinski definition) is 12. The van der Waals surface area contributed by atoms with Crippen molar-refractivity contribution in [2.45, 2.75) is 38.3 Å². The van der Waals surface area contributed by atoms with Crippen LogP contribution in [0.5, 0.6) is 40.2 Å². The number of carbonyl (C=O) groups is 4. The van der Waals surface area contributed by atoms with Crippen LogP contribution >= 0.6 is 11.6 Å². The lowest BCUT2D eigenvalue weighted by molar-refractivity contribution is -0.120. The quantitative estimate of drug-likeness (QED) is 0.232. The normalized spacial score (nSPS) is 19.3. The first-order chi connectivity index (χ1) is 25.9. The third-order valence-electron chi connectivity index (χ3n) is 10.7. The molecule has 3 aliphatic heterocycles. The van der Waals surface area contributed by atoms with E-state index in [1.54, 1.807) is 38.2 Å². The molecule has 4 aromatic rings. The fourth-order valence-corrected chi connectivity index (χ4v) is 8.14. The maximum absolute atomic E-state index is 14.9. The van der Waals surface area contributed by atoms with Gasteiger partial charge in [-0.2, -0.15) is 0 Å². The van der Waals surface area contributed by atoms with Crippen molar-refractivity contribution in [3.63, 3.8) is 0 Å². The number of likely N-dealkylation sites (N-methyl/N-ethyl adjacent to an activating group) is 1. The highest BCUT2D eigenvalue weighted by atomic mass is 35.5. The molecule has 0 bridgehead atoms. The van der Waals surface area contributed by atoms with Crippen molar-refractivity contribution >= 4 is 35.0 Å². The zero-order valence-electron chi connectivity index (χ0n) is 30.0. The van der Waals surface area contributed by atoms with Crippen molar-refractivity contribution in [1.82, 2.24) is 10.2 Å². The van der Waals surface area contributed by atoms with E-state index in [-0.39, 0.29) is 99.6 Å². The number of phenols is 1. The van der Waals surface area contributed by atoms with Crippen molar-refractivity contribution in [1.29, 1.82) is 0 Å². The van der Waals surface area contributed by atoms with Crippen LogP contribution in [-0.2, 0) is 30.6 Å². The molecule has 2 N–H and O–H groups in total. The minimum Gasteiger partial charge on any atom is -0.504 e. The molecule has 14 nitrogen and oxygen atoms in total. The molecule has 1 spiro atoms. The molecule has 0 fully saturated rings. The summed E-state index contributed by atoms with van der Waals surface area (Å²) >= 11 is 6.64. The number of nitrogens with one attached hydrogen (secondary N) is 1. The smallest absolute Gasteiger partial charge is 0.257 e. The molecule has 1 aliphatic carbocycles. The van der Waals surface area contributed by atoms with Crippen molar-refractivity contribution in [3.05, 3.63) is 74.5 Å². The Labute approximate surface area is 313 Å². The standard InChI is InChI=1S/C39H35ClN2O12/c1-17-12-24-27(36(45)39(17)37(46)29-23(49-4)14-25(50-5)30(40)34(29)54-39)21(32(53-24)18-6-8-19(48-3)9-7-18)13-26(43)41-15-22-20-10-11-42(2)38(47)28(20)31(44)35-33(22)51-16-52-35/h6-9,14,17,44H,10-13,15-16H2,1-5H3,(H,41,43)/t17-,39+/m1/s1. The molecule has 8 rings (SSSR count). The van der Waals surface area contributed by atoms with Gasteiger partial charge in [0, 0.05) is 55.2 Å². The third-order valence-corrected chi connectivity index (χ3v) is 11.0. The number of carbonyl (C=O) groups excluding carboxylic acids is 4. The minimum atomic E-state index is -2.03. The summed E-state index contributed by atoms with van der Waals surface area (Å²) in [5.74, 6) is -1.46. The molecule has 54 heavy (non-hydrogen) atoms. The molecule has 0 radical (unpaired) electrons. The van der Waals surface area contributed by atoms with Gasteiger partial charge in [0.15, 0.2) is 17.2 Å². The predicted molar refractivity (Wildman–Crippen MR) is 191 cm³/mol. The lowest BCUT2D eigenvalue weighted by atomic mass is 9.70. The largest absolute Gasteiger partial charge is 0.504 e. The summed E-state index contributed by atoms with van der Waals surface area (Å²) in [6.07, 6.45) is 0.195. The van der Waals surface area contributed by atoms with Crippen molar-refractivity contribution in [3.8, 4) is 51.6 Å². The number of rotatable bonds is 8. The van der Waals surface area contributed by atoms with E-state index in [0.717, 1.165) is 0 Å². The number of hydrogen-bond donors (Lipinski definition) is 2.